The van der Waals surface area contributed by atoms with Gasteiger partial charge in [-0.2, -0.15) is 0 Å². The van der Waals surface area contributed by atoms with Gasteiger partial charge in [0.25, 0.3) is 5.91 Å². The number of hydrogen-bond acceptors (Lipinski definition) is 3. The monoisotopic (exact) mass is 352 g/mol. The molecule has 0 unspecified atom stereocenters. The van der Waals surface area contributed by atoms with Crippen LogP contribution in [0.1, 0.15) is 59.7 Å². The van der Waals surface area contributed by atoms with Crippen molar-refractivity contribution in [3.63, 3.8) is 0 Å². The summed E-state index contributed by atoms with van der Waals surface area (Å²) < 4.78 is 5.52. The molecule has 2 aliphatic rings. The van der Waals surface area contributed by atoms with Gasteiger partial charge in [-0.25, -0.2) is 0 Å². The van der Waals surface area contributed by atoms with E-state index in [9.17, 15) is 4.79 Å². The average molecular weight is 352 g/mol. The number of amides is 1. The molecule has 1 fully saturated rings. The van der Waals surface area contributed by atoms with Gasteiger partial charge < -0.3 is 14.6 Å². The van der Waals surface area contributed by atoms with E-state index < -0.39 is 0 Å². The van der Waals surface area contributed by atoms with Gasteiger partial charge in [0, 0.05) is 31.5 Å². The largest absolute Gasteiger partial charge is 0.456 e. The molecule has 26 heavy (non-hydrogen) atoms. The molecule has 0 bridgehead atoms. The van der Waals surface area contributed by atoms with Crippen LogP contribution in [0, 0.1) is 18.8 Å². The maximum atomic E-state index is 12.7. The van der Waals surface area contributed by atoms with Crippen LogP contribution in [0.3, 0.4) is 0 Å². The first-order valence-electron chi connectivity index (χ1n) is 9.75. The van der Waals surface area contributed by atoms with Crippen molar-refractivity contribution in [1.82, 2.24) is 10.2 Å². The Hall–Kier alpha value is -2.07. The third-order valence-electron chi connectivity index (χ3n) is 6.12. The normalized spacial score (nSPS) is 25.7. The number of fused-ring (bicyclic) bond motifs is 3. The number of nitrogens with zero attached hydrogens (tertiary/aromatic N) is 1. The van der Waals surface area contributed by atoms with Crippen LogP contribution >= 0.6 is 0 Å². The highest BCUT2D eigenvalue weighted by atomic mass is 16.3. The average Bonchev–Trinajstić information content (AvgIpc) is 3.31. The number of carbonyl (C=O) groups excluding carboxylic acids is 1. The molecule has 138 valence electrons. The highest BCUT2D eigenvalue weighted by molar-refractivity contribution is 5.92. The van der Waals surface area contributed by atoms with E-state index in [1.165, 1.54) is 17.5 Å². The topological polar surface area (TPSA) is 45.5 Å². The predicted octanol–water partition coefficient (Wildman–Crippen LogP) is 4.13. The molecule has 1 amide bonds. The molecule has 1 saturated heterocycles. The Morgan fingerprint density at radius 2 is 2.00 bits per heavy atom. The molecule has 1 aliphatic carbocycles. The molecule has 2 heterocycles. The first-order valence-corrected chi connectivity index (χ1v) is 9.75. The summed E-state index contributed by atoms with van der Waals surface area (Å²) in [5.41, 5.74) is 2.69. The fourth-order valence-corrected chi connectivity index (χ4v) is 4.62. The van der Waals surface area contributed by atoms with Crippen LogP contribution in [0.2, 0.25) is 0 Å². The molecule has 4 atom stereocenters. The van der Waals surface area contributed by atoms with Crippen LogP contribution < -0.4 is 5.32 Å². The van der Waals surface area contributed by atoms with Crippen molar-refractivity contribution in [2.45, 2.75) is 39.2 Å². The number of rotatable bonds is 5. The van der Waals surface area contributed by atoms with Crippen molar-refractivity contribution in [1.29, 1.82) is 0 Å². The number of hydrogen-bond donors (Lipinski definition) is 1. The van der Waals surface area contributed by atoms with Gasteiger partial charge in [-0.05, 0) is 36.1 Å². The highest BCUT2D eigenvalue weighted by Gasteiger charge is 2.46. The first-order chi connectivity index (χ1) is 12.6. The maximum Gasteiger partial charge on any atom is 0.287 e. The summed E-state index contributed by atoms with van der Waals surface area (Å²) >= 11 is 0. The molecule has 0 spiro atoms. The quantitative estimate of drug-likeness (QED) is 0.880. The Kier molecular flexibility index (Phi) is 4.62. The second kappa shape index (κ2) is 6.92. The van der Waals surface area contributed by atoms with Crippen molar-refractivity contribution >= 4 is 5.91 Å². The van der Waals surface area contributed by atoms with Crippen LogP contribution in [0.15, 0.2) is 40.8 Å². The number of carbonyl (C=O) groups is 1. The van der Waals surface area contributed by atoms with Crippen molar-refractivity contribution in [3.05, 3.63) is 59.0 Å². The van der Waals surface area contributed by atoms with E-state index in [4.69, 9.17) is 4.42 Å². The maximum absolute atomic E-state index is 12.7. The van der Waals surface area contributed by atoms with E-state index in [0.29, 0.717) is 23.5 Å². The van der Waals surface area contributed by atoms with Crippen LogP contribution in [-0.2, 0) is 0 Å². The number of furan rings is 1. The summed E-state index contributed by atoms with van der Waals surface area (Å²) in [5, 5.41) is 3.26. The summed E-state index contributed by atoms with van der Waals surface area (Å²) in [7, 11) is 0. The molecule has 4 rings (SSSR count). The molecule has 4 heteroatoms. The molecule has 0 saturated carbocycles. The molecule has 1 N–H and O–H groups in total. The zero-order valence-corrected chi connectivity index (χ0v) is 15.9. The predicted molar refractivity (Wildman–Crippen MR) is 102 cm³/mol. The van der Waals surface area contributed by atoms with Gasteiger partial charge in [0.15, 0.2) is 5.76 Å². The smallest absolute Gasteiger partial charge is 0.287 e. The van der Waals surface area contributed by atoms with Crippen LogP contribution in [0.25, 0.3) is 0 Å². The molecule has 4 nitrogen and oxygen atoms in total. The lowest BCUT2D eigenvalue weighted by Crippen LogP contribution is -2.34. The zero-order valence-electron chi connectivity index (χ0n) is 15.9. The Balaban J connectivity index is 1.56. The number of nitrogens with one attached hydrogen (secondary N) is 1. The SMILES string of the molecule is CC[C@@H](C)CN1C[C@@H]2[C@H](NC(=O)c3ccc(C)o3)c3ccccc3[C@@H]2C1. The minimum Gasteiger partial charge on any atom is -0.456 e. The van der Waals surface area contributed by atoms with Gasteiger partial charge in [-0.3, -0.25) is 4.79 Å². The number of benzene rings is 1. The summed E-state index contributed by atoms with van der Waals surface area (Å²) in [6.07, 6.45) is 1.21. The zero-order chi connectivity index (χ0) is 18.3. The Bertz CT molecular complexity index is 797. The Labute approximate surface area is 155 Å². The van der Waals surface area contributed by atoms with E-state index in [0.717, 1.165) is 25.4 Å². The van der Waals surface area contributed by atoms with Crippen LogP contribution in [0.4, 0.5) is 0 Å². The Morgan fingerprint density at radius 3 is 2.69 bits per heavy atom. The van der Waals surface area contributed by atoms with Crippen molar-refractivity contribution in [2.24, 2.45) is 11.8 Å². The minimum absolute atomic E-state index is 0.0658. The van der Waals surface area contributed by atoms with Crippen molar-refractivity contribution < 1.29 is 9.21 Å². The number of aryl methyl sites for hydroxylation is 1. The molecule has 1 aliphatic heterocycles. The lowest BCUT2D eigenvalue weighted by atomic mass is 9.94. The second-order valence-corrected chi connectivity index (χ2v) is 7.99. The molecular formula is C22H28N2O2. The van der Waals surface area contributed by atoms with E-state index in [-0.39, 0.29) is 11.9 Å². The third kappa shape index (κ3) is 3.07. The fraction of sp³-hybridized carbons (Fsp3) is 0.500. The second-order valence-electron chi connectivity index (χ2n) is 7.99. The lowest BCUT2D eigenvalue weighted by molar-refractivity contribution is 0.0894. The van der Waals surface area contributed by atoms with Gasteiger partial charge >= 0.3 is 0 Å². The molecule has 1 aromatic carbocycles. The van der Waals surface area contributed by atoms with Gasteiger partial charge in [-0.15, -0.1) is 0 Å². The molecular weight excluding hydrogens is 324 g/mol. The van der Waals surface area contributed by atoms with E-state index in [1.54, 1.807) is 6.07 Å². The van der Waals surface area contributed by atoms with Crippen molar-refractivity contribution in [2.75, 3.05) is 19.6 Å². The molecule has 2 aromatic rings. The van der Waals surface area contributed by atoms with Crippen LogP contribution in [0.5, 0.6) is 0 Å². The highest BCUT2D eigenvalue weighted by Crippen LogP contribution is 2.49. The van der Waals surface area contributed by atoms with Gasteiger partial charge in [0.1, 0.15) is 5.76 Å². The van der Waals surface area contributed by atoms with E-state index >= 15 is 0 Å². The van der Waals surface area contributed by atoms with E-state index in [2.05, 4.69) is 48.3 Å². The molecule has 0 radical (unpaired) electrons. The van der Waals surface area contributed by atoms with E-state index in [1.807, 2.05) is 13.0 Å². The van der Waals surface area contributed by atoms with Crippen molar-refractivity contribution in [3.8, 4) is 0 Å². The summed E-state index contributed by atoms with van der Waals surface area (Å²) in [4.78, 5) is 15.3. The van der Waals surface area contributed by atoms with Gasteiger partial charge in [0.2, 0.25) is 0 Å². The number of likely N-dealkylation sites (tertiary alicyclic amines) is 1. The van der Waals surface area contributed by atoms with Crippen LogP contribution in [-0.4, -0.2) is 30.4 Å². The minimum atomic E-state index is -0.112. The summed E-state index contributed by atoms with van der Waals surface area (Å²) in [6, 6.07) is 12.3. The Morgan fingerprint density at radius 1 is 1.23 bits per heavy atom. The summed E-state index contributed by atoms with van der Waals surface area (Å²) in [5.74, 6) is 2.72. The standard InChI is InChI=1S/C22H28N2O2/c1-4-14(2)11-24-12-18-16-7-5-6-8-17(16)21(19(18)13-24)23-22(25)20-10-9-15(3)26-20/h5-10,14,18-19,21H,4,11-13H2,1-3H3,(H,23,25)/t14-,18+,19+,21-/m1/s1. The first kappa shape index (κ1) is 17.3. The van der Waals surface area contributed by atoms with Gasteiger partial charge in [0.05, 0.1) is 6.04 Å². The molecule has 1 aromatic heterocycles. The van der Waals surface area contributed by atoms with Gasteiger partial charge in [-0.1, -0.05) is 44.5 Å². The fourth-order valence-electron chi connectivity index (χ4n) is 4.62. The third-order valence-corrected chi connectivity index (χ3v) is 6.12. The summed E-state index contributed by atoms with van der Waals surface area (Å²) in [6.45, 7) is 9.72. The lowest BCUT2D eigenvalue weighted by Gasteiger charge is -2.24.